The van der Waals surface area contributed by atoms with Crippen LogP contribution >= 0.6 is 24.8 Å². The first-order chi connectivity index (χ1) is 11.6. The third kappa shape index (κ3) is 5.66. The molecule has 1 heterocycles. The molecule has 7 heteroatoms. The molecule has 0 spiro atoms. The molecule has 1 aliphatic heterocycles. The van der Waals surface area contributed by atoms with Crippen molar-refractivity contribution in [3.8, 4) is 5.75 Å². The molecule has 1 aliphatic rings. The molecule has 1 amide bonds. The summed E-state index contributed by atoms with van der Waals surface area (Å²) in [7, 11) is 1.67. The van der Waals surface area contributed by atoms with Crippen molar-refractivity contribution in [1.29, 1.82) is 0 Å². The molecule has 3 N–H and O–H groups in total. The largest absolute Gasteiger partial charge is 0.497 e. The van der Waals surface area contributed by atoms with Gasteiger partial charge in [0.15, 0.2) is 0 Å². The predicted molar refractivity (Wildman–Crippen MR) is 113 cm³/mol. The number of piperidine rings is 1. The number of carbonyl (C=O) groups excluding carboxylic acids is 1. The van der Waals surface area contributed by atoms with Crippen molar-refractivity contribution in [3.05, 3.63) is 24.3 Å². The van der Waals surface area contributed by atoms with Crippen LogP contribution < -0.4 is 15.8 Å². The van der Waals surface area contributed by atoms with Crippen LogP contribution in [0.4, 0.5) is 5.69 Å². The van der Waals surface area contributed by atoms with Crippen molar-refractivity contribution in [2.75, 3.05) is 32.1 Å². The monoisotopic (exact) mass is 405 g/mol. The summed E-state index contributed by atoms with van der Waals surface area (Å²) in [5, 5.41) is 3.55. The van der Waals surface area contributed by atoms with Gasteiger partial charge in [0.25, 0.3) is 0 Å². The molecule has 1 fully saturated rings. The van der Waals surface area contributed by atoms with E-state index in [4.69, 9.17) is 10.5 Å². The molecule has 5 nitrogen and oxygen atoms in total. The van der Waals surface area contributed by atoms with Crippen LogP contribution in [0.25, 0.3) is 0 Å². The van der Waals surface area contributed by atoms with E-state index in [0.29, 0.717) is 12.6 Å². The lowest BCUT2D eigenvalue weighted by Gasteiger charge is -2.39. The van der Waals surface area contributed by atoms with Crippen molar-refractivity contribution in [2.24, 2.45) is 11.1 Å². The van der Waals surface area contributed by atoms with Crippen molar-refractivity contribution in [1.82, 2.24) is 4.90 Å². The molecule has 0 aliphatic carbocycles. The van der Waals surface area contributed by atoms with Gasteiger partial charge >= 0.3 is 0 Å². The molecule has 0 radical (unpaired) electrons. The van der Waals surface area contributed by atoms with E-state index in [1.54, 1.807) is 7.11 Å². The highest BCUT2D eigenvalue weighted by molar-refractivity contribution is 5.85. The lowest BCUT2D eigenvalue weighted by Crippen LogP contribution is -2.51. The van der Waals surface area contributed by atoms with Gasteiger partial charge in [0.05, 0.1) is 12.5 Å². The molecule has 26 heavy (non-hydrogen) atoms. The van der Waals surface area contributed by atoms with Gasteiger partial charge in [0.1, 0.15) is 5.75 Å². The Kier molecular flexibility index (Phi) is 11.0. The normalized spacial score (nSPS) is 14.8. The summed E-state index contributed by atoms with van der Waals surface area (Å²) in [6, 6.07) is 8.36. The third-order valence-corrected chi connectivity index (χ3v) is 5.42. The van der Waals surface area contributed by atoms with E-state index in [-0.39, 0.29) is 36.1 Å². The van der Waals surface area contributed by atoms with Crippen LogP contribution in [-0.4, -0.2) is 43.6 Å². The topological polar surface area (TPSA) is 67.6 Å². The fourth-order valence-corrected chi connectivity index (χ4v) is 3.44. The standard InChI is InChI=1S/C19H31N3O2.2ClH/c1-4-19(5-2,14-20)18(23)22-11-9-15(10-12-22)21-16-7-6-8-17(13-16)24-3;;/h6-8,13,15,21H,4-5,9-12,14,20H2,1-3H3;2*1H. The first-order valence-electron chi connectivity index (χ1n) is 8.98. The van der Waals surface area contributed by atoms with Crippen LogP contribution in [0, 0.1) is 5.41 Å². The smallest absolute Gasteiger partial charge is 0.230 e. The summed E-state index contributed by atoms with van der Waals surface area (Å²) in [6.45, 7) is 6.14. The second kappa shape index (κ2) is 11.5. The Balaban J connectivity index is 0.00000312. The SMILES string of the molecule is CCC(CC)(CN)C(=O)N1CCC(Nc2cccc(OC)c2)CC1.Cl.Cl. The average molecular weight is 406 g/mol. The van der Waals surface area contributed by atoms with Gasteiger partial charge in [-0.3, -0.25) is 4.79 Å². The zero-order chi connectivity index (χ0) is 17.6. The van der Waals surface area contributed by atoms with Crippen molar-refractivity contribution in [3.63, 3.8) is 0 Å². The Morgan fingerprint density at radius 3 is 2.38 bits per heavy atom. The van der Waals surface area contributed by atoms with E-state index in [1.165, 1.54) is 0 Å². The molecule has 0 saturated carbocycles. The van der Waals surface area contributed by atoms with E-state index >= 15 is 0 Å². The molecule has 1 saturated heterocycles. The summed E-state index contributed by atoms with van der Waals surface area (Å²) in [5.74, 6) is 1.08. The maximum absolute atomic E-state index is 12.9. The van der Waals surface area contributed by atoms with Crippen LogP contribution in [0.5, 0.6) is 5.75 Å². The summed E-state index contributed by atoms with van der Waals surface area (Å²) >= 11 is 0. The molecule has 1 aromatic carbocycles. The van der Waals surface area contributed by atoms with Crippen LogP contribution in [0.3, 0.4) is 0 Å². The number of hydrogen-bond acceptors (Lipinski definition) is 4. The Morgan fingerprint density at radius 2 is 1.88 bits per heavy atom. The number of nitrogens with two attached hydrogens (primary N) is 1. The highest BCUT2D eigenvalue weighted by atomic mass is 35.5. The minimum absolute atomic E-state index is 0. The summed E-state index contributed by atoms with van der Waals surface area (Å²) < 4.78 is 5.26. The van der Waals surface area contributed by atoms with E-state index < -0.39 is 0 Å². The zero-order valence-electron chi connectivity index (χ0n) is 16.0. The number of nitrogens with one attached hydrogen (secondary N) is 1. The minimum atomic E-state index is -0.382. The van der Waals surface area contributed by atoms with Gasteiger partial charge in [0.2, 0.25) is 5.91 Å². The summed E-state index contributed by atoms with van der Waals surface area (Å²) in [5.41, 5.74) is 6.61. The second-order valence-corrected chi connectivity index (χ2v) is 6.63. The molecule has 0 unspecified atom stereocenters. The van der Waals surface area contributed by atoms with Gasteiger partial charge in [-0.2, -0.15) is 0 Å². The maximum Gasteiger partial charge on any atom is 0.230 e. The molecular weight excluding hydrogens is 373 g/mol. The molecule has 150 valence electrons. The number of ether oxygens (including phenoxy) is 1. The van der Waals surface area contributed by atoms with Crippen LogP contribution in [-0.2, 0) is 4.79 Å². The molecular formula is C19H33Cl2N3O2. The zero-order valence-corrected chi connectivity index (χ0v) is 17.6. The summed E-state index contributed by atoms with van der Waals surface area (Å²) in [6.07, 6.45) is 3.52. The van der Waals surface area contributed by atoms with Gasteiger partial charge < -0.3 is 20.7 Å². The van der Waals surface area contributed by atoms with Crippen molar-refractivity contribution >= 4 is 36.4 Å². The Labute approximate surface area is 169 Å². The summed E-state index contributed by atoms with van der Waals surface area (Å²) in [4.78, 5) is 14.9. The Bertz CT molecular complexity index is 537. The number of hydrogen-bond donors (Lipinski definition) is 2. The highest BCUT2D eigenvalue weighted by Crippen LogP contribution is 2.29. The van der Waals surface area contributed by atoms with Gasteiger partial charge in [0, 0.05) is 37.4 Å². The van der Waals surface area contributed by atoms with Gasteiger partial charge in [-0.25, -0.2) is 0 Å². The van der Waals surface area contributed by atoms with Crippen LogP contribution in [0.15, 0.2) is 24.3 Å². The Morgan fingerprint density at radius 1 is 1.27 bits per heavy atom. The quantitative estimate of drug-likeness (QED) is 0.725. The number of halogens is 2. The molecule has 0 bridgehead atoms. The number of rotatable bonds is 7. The number of likely N-dealkylation sites (tertiary alicyclic amines) is 1. The second-order valence-electron chi connectivity index (χ2n) is 6.63. The number of nitrogens with zero attached hydrogens (tertiary/aromatic N) is 1. The average Bonchev–Trinajstić information content (AvgIpc) is 2.64. The first-order valence-corrected chi connectivity index (χ1v) is 8.98. The fraction of sp³-hybridized carbons (Fsp3) is 0.632. The lowest BCUT2D eigenvalue weighted by molar-refractivity contribution is -0.143. The van der Waals surface area contributed by atoms with Crippen molar-refractivity contribution < 1.29 is 9.53 Å². The van der Waals surface area contributed by atoms with Gasteiger partial charge in [-0.05, 0) is 37.8 Å². The molecule has 2 rings (SSSR count). The maximum atomic E-state index is 12.9. The molecule has 0 aromatic heterocycles. The van der Waals surface area contributed by atoms with E-state index in [2.05, 4.69) is 19.2 Å². The lowest BCUT2D eigenvalue weighted by atomic mass is 9.80. The number of methoxy groups -OCH3 is 1. The minimum Gasteiger partial charge on any atom is -0.497 e. The number of benzene rings is 1. The number of amides is 1. The van der Waals surface area contributed by atoms with Crippen LogP contribution in [0.1, 0.15) is 39.5 Å². The number of anilines is 1. The van der Waals surface area contributed by atoms with E-state index in [0.717, 1.165) is 50.2 Å². The Hall–Kier alpha value is -1.17. The highest BCUT2D eigenvalue weighted by Gasteiger charge is 2.38. The van der Waals surface area contributed by atoms with Gasteiger partial charge in [-0.1, -0.05) is 19.9 Å². The fourth-order valence-electron chi connectivity index (χ4n) is 3.44. The third-order valence-electron chi connectivity index (χ3n) is 5.42. The van der Waals surface area contributed by atoms with Gasteiger partial charge in [-0.15, -0.1) is 24.8 Å². The van der Waals surface area contributed by atoms with Crippen LogP contribution in [0.2, 0.25) is 0 Å². The van der Waals surface area contributed by atoms with E-state index in [1.807, 2.05) is 29.2 Å². The molecule has 1 aromatic rings. The van der Waals surface area contributed by atoms with E-state index in [9.17, 15) is 4.79 Å². The predicted octanol–water partition coefficient (Wildman–Crippen LogP) is 3.71. The molecule has 0 atom stereocenters. The van der Waals surface area contributed by atoms with Crippen molar-refractivity contribution in [2.45, 2.75) is 45.6 Å². The number of carbonyl (C=O) groups is 1. The first kappa shape index (κ1) is 24.8.